The third-order valence-corrected chi connectivity index (χ3v) is 3.63. The molecular formula is C18H16N4O. The Balaban J connectivity index is 1.93. The van der Waals surface area contributed by atoms with E-state index in [9.17, 15) is 0 Å². The molecule has 23 heavy (non-hydrogen) atoms. The van der Waals surface area contributed by atoms with E-state index in [2.05, 4.69) is 10.1 Å². The predicted octanol–water partition coefficient (Wildman–Crippen LogP) is 3.08. The summed E-state index contributed by atoms with van der Waals surface area (Å²) in [6, 6.07) is 15.3. The van der Waals surface area contributed by atoms with Gasteiger partial charge in [0.15, 0.2) is 5.84 Å². The van der Waals surface area contributed by atoms with Crippen molar-refractivity contribution < 1.29 is 5.21 Å². The van der Waals surface area contributed by atoms with E-state index in [1.54, 1.807) is 18.3 Å². The number of nitrogens with two attached hydrogens (primary N) is 2. The normalized spacial score (nSPS) is 12.1. The summed E-state index contributed by atoms with van der Waals surface area (Å²) in [5, 5.41) is 13.6. The average Bonchev–Trinajstić information content (AvgIpc) is 2.61. The van der Waals surface area contributed by atoms with Crippen LogP contribution in [0, 0.1) is 0 Å². The molecule has 0 bridgehead atoms. The summed E-state index contributed by atoms with van der Waals surface area (Å²) >= 11 is 0. The summed E-state index contributed by atoms with van der Waals surface area (Å²) in [6.07, 6.45) is 5.74. The van der Waals surface area contributed by atoms with Crippen LogP contribution in [0.4, 0.5) is 5.82 Å². The molecule has 0 aliphatic rings. The quantitative estimate of drug-likeness (QED) is 0.300. The number of nitrogens with zero attached hydrogens (tertiary/aromatic N) is 2. The maximum Gasteiger partial charge on any atom is 0.170 e. The molecule has 0 amide bonds. The van der Waals surface area contributed by atoms with Gasteiger partial charge < -0.3 is 16.7 Å². The zero-order chi connectivity index (χ0) is 16.2. The highest BCUT2D eigenvalue weighted by atomic mass is 16.4. The summed E-state index contributed by atoms with van der Waals surface area (Å²) in [5.41, 5.74) is 14.1. The molecule has 0 aliphatic heterocycles. The van der Waals surface area contributed by atoms with Crippen molar-refractivity contribution in [1.29, 1.82) is 0 Å². The lowest BCUT2D eigenvalue weighted by molar-refractivity contribution is 0.318. The maximum atomic E-state index is 8.66. The van der Waals surface area contributed by atoms with Gasteiger partial charge in [-0.3, -0.25) is 0 Å². The van der Waals surface area contributed by atoms with Crippen LogP contribution in [0.2, 0.25) is 0 Å². The summed E-state index contributed by atoms with van der Waals surface area (Å²) in [7, 11) is 0. The molecule has 3 rings (SSSR count). The molecule has 5 nitrogen and oxygen atoms in total. The Labute approximate surface area is 133 Å². The van der Waals surface area contributed by atoms with Crippen molar-refractivity contribution in [3.8, 4) is 0 Å². The van der Waals surface area contributed by atoms with Crippen molar-refractivity contribution in [2.45, 2.75) is 0 Å². The fourth-order valence-corrected chi connectivity index (χ4v) is 2.38. The molecular weight excluding hydrogens is 288 g/mol. The highest BCUT2D eigenvalue weighted by molar-refractivity contribution is 5.98. The first-order valence-electron chi connectivity index (χ1n) is 7.08. The molecule has 1 aromatic heterocycles. The Kier molecular flexibility index (Phi) is 3.93. The molecule has 0 saturated heterocycles. The second-order valence-electron chi connectivity index (χ2n) is 5.08. The topological polar surface area (TPSA) is 97.5 Å². The van der Waals surface area contributed by atoms with E-state index in [1.165, 1.54) is 0 Å². The Morgan fingerprint density at radius 3 is 2.39 bits per heavy atom. The Hall–Kier alpha value is -3.34. The number of oxime groups is 1. The maximum absolute atomic E-state index is 8.66. The Bertz CT molecular complexity index is 899. The van der Waals surface area contributed by atoms with E-state index < -0.39 is 0 Å². The van der Waals surface area contributed by atoms with Crippen LogP contribution in [0.15, 0.2) is 59.9 Å². The first-order chi connectivity index (χ1) is 11.2. The van der Waals surface area contributed by atoms with Gasteiger partial charge in [-0.1, -0.05) is 65.8 Å². The summed E-state index contributed by atoms with van der Waals surface area (Å²) < 4.78 is 0. The highest BCUT2D eigenvalue weighted by Gasteiger charge is 2.02. The summed E-state index contributed by atoms with van der Waals surface area (Å²) in [4.78, 5) is 4.23. The molecule has 5 N–H and O–H groups in total. The van der Waals surface area contributed by atoms with E-state index in [0.717, 1.165) is 21.9 Å². The van der Waals surface area contributed by atoms with Gasteiger partial charge in [0.2, 0.25) is 0 Å². The third-order valence-electron chi connectivity index (χ3n) is 3.63. The molecule has 0 atom stereocenters. The first kappa shape index (κ1) is 14.6. The molecule has 0 spiro atoms. The van der Waals surface area contributed by atoms with E-state index >= 15 is 0 Å². The Morgan fingerprint density at radius 2 is 1.70 bits per heavy atom. The SMILES string of the molecule is NC(=NO)c1ccc(/C=C/c2cnc(N)c3ccccc23)cc1. The molecule has 0 saturated carbocycles. The van der Waals surface area contributed by atoms with Crippen LogP contribution in [0.1, 0.15) is 16.7 Å². The fourth-order valence-electron chi connectivity index (χ4n) is 2.38. The van der Waals surface area contributed by atoms with Gasteiger partial charge in [-0.2, -0.15) is 0 Å². The molecule has 114 valence electrons. The van der Waals surface area contributed by atoms with Crippen molar-refractivity contribution >= 4 is 34.6 Å². The minimum atomic E-state index is 0.0919. The van der Waals surface area contributed by atoms with Gasteiger partial charge >= 0.3 is 0 Å². The molecule has 0 fully saturated rings. The largest absolute Gasteiger partial charge is 0.409 e. The molecule has 3 aromatic rings. The van der Waals surface area contributed by atoms with Crippen molar-refractivity contribution in [2.75, 3.05) is 5.73 Å². The van der Waals surface area contributed by atoms with Gasteiger partial charge in [0, 0.05) is 22.7 Å². The van der Waals surface area contributed by atoms with Gasteiger partial charge in [0.05, 0.1) is 0 Å². The van der Waals surface area contributed by atoms with Crippen molar-refractivity contribution in [3.05, 3.63) is 71.4 Å². The second-order valence-corrected chi connectivity index (χ2v) is 5.08. The molecule has 1 heterocycles. The average molecular weight is 304 g/mol. The van der Waals surface area contributed by atoms with Crippen LogP contribution in [-0.2, 0) is 0 Å². The van der Waals surface area contributed by atoms with Gasteiger partial charge in [0.1, 0.15) is 5.82 Å². The smallest absolute Gasteiger partial charge is 0.170 e. The number of aromatic nitrogens is 1. The number of fused-ring (bicyclic) bond motifs is 1. The van der Waals surface area contributed by atoms with Crippen LogP contribution >= 0.6 is 0 Å². The standard InChI is InChI=1S/C18H16N4O/c19-17(22-23)13-8-5-12(6-9-13)7-10-14-11-21-18(20)16-4-2-1-3-15(14)16/h1-11,23H,(H2,19,22)(H2,20,21)/b10-7+. The zero-order valence-electron chi connectivity index (χ0n) is 12.3. The highest BCUT2D eigenvalue weighted by Crippen LogP contribution is 2.23. The van der Waals surface area contributed by atoms with E-state index in [4.69, 9.17) is 16.7 Å². The van der Waals surface area contributed by atoms with E-state index in [0.29, 0.717) is 11.4 Å². The van der Waals surface area contributed by atoms with Gasteiger partial charge in [-0.15, -0.1) is 0 Å². The molecule has 5 heteroatoms. The molecule has 2 aromatic carbocycles. The first-order valence-corrected chi connectivity index (χ1v) is 7.08. The van der Waals surface area contributed by atoms with Gasteiger partial charge in [0.25, 0.3) is 0 Å². The van der Waals surface area contributed by atoms with Crippen molar-refractivity contribution in [2.24, 2.45) is 10.9 Å². The number of hydrogen-bond donors (Lipinski definition) is 3. The predicted molar refractivity (Wildman–Crippen MR) is 94.0 cm³/mol. The zero-order valence-corrected chi connectivity index (χ0v) is 12.3. The second kappa shape index (κ2) is 6.19. The number of nitrogen functional groups attached to an aromatic ring is 1. The number of rotatable bonds is 3. The van der Waals surface area contributed by atoms with E-state index in [-0.39, 0.29) is 5.84 Å². The number of pyridine rings is 1. The minimum absolute atomic E-state index is 0.0919. The third kappa shape index (κ3) is 2.98. The van der Waals surface area contributed by atoms with Crippen LogP contribution in [-0.4, -0.2) is 16.0 Å². The van der Waals surface area contributed by atoms with Crippen LogP contribution in [0.25, 0.3) is 22.9 Å². The summed E-state index contributed by atoms with van der Waals surface area (Å²) in [6.45, 7) is 0. The lowest BCUT2D eigenvalue weighted by Crippen LogP contribution is -2.12. The van der Waals surface area contributed by atoms with Gasteiger partial charge in [-0.25, -0.2) is 4.98 Å². The van der Waals surface area contributed by atoms with Crippen LogP contribution in [0.3, 0.4) is 0 Å². The van der Waals surface area contributed by atoms with Crippen molar-refractivity contribution in [1.82, 2.24) is 4.98 Å². The lowest BCUT2D eigenvalue weighted by Gasteiger charge is -2.04. The molecule has 0 aliphatic carbocycles. The van der Waals surface area contributed by atoms with Crippen LogP contribution in [0.5, 0.6) is 0 Å². The van der Waals surface area contributed by atoms with Gasteiger partial charge in [-0.05, 0) is 10.9 Å². The number of benzene rings is 2. The van der Waals surface area contributed by atoms with E-state index in [1.807, 2.05) is 48.6 Å². The number of anilines is 1. The molecule has 0 unspecified atom stereocenters. The van der Waals surface area contributed by atoms with Crippen molar-refractivity contribution in [3.63, 3.8) is 0 Å². The molecule has 0 radical (unpaired) electrons. The van der Waals surface area contributed by atoms with Crippen LogP contribution < -0.4 is 11.5 Å². The monoisotopic (exact) mass is 304 g/mol. The fraction of sp³-hybridized carbons (Fsp3) is 0. The number of hydrogen-bond acceptors (Lipinski definition) is 4. The Morgan fingerprint density at radius 1 is 1.00 bits per heavy atom. The lowest BCUT2D eigenvalue weighted by atomic mass is 10.1. The minimum Gasteiger partial charge on any atom is -0.409 e. The summed E-state index contributed by atoms with van der Waals surface area (Å²) in [5.74, 6) is 0.620. The number of amidine groups is 1.